The van der Waals surface area contributed by atoms with Crippen LogP contribution in [0.4, 0.5) is 0 Å². The second-order valence-corrected chi connectivity index (χ2v) is 6.58. The fourth-order valence-corrected chi connectivity index (χ4v) is 3.42. The molecular weight excluding hydrogens is 266 g/mol. The lowest BCUT2D eigenvalue weighted by molar-refractivity contribution is -0.152. The normalized spacial score (nSPS) is 18.8. The van der Waals surface area contributed by atoms with E-state index >= 15 is 0 Å². The highest BCUT2D eigenvalue weighted by atomic mass is 16.4. The molecule has 1 amide bonds. The molecule has 1 rings (SSSR count). The van der Waals surface area contributed by atoms with Crippen molar-refractivity contribution < 1.29 is 14.7 Å². The zero-order valence-electron chi connectivity index (χ0n) is 13.8. The van der Waals surface area contributed by atoms with Crippen molar-refractivity contribution in [2.45, 2.75) is 84.6 Å². The number of hydrogen-bond donors (Lipinski definition) is 2. The van der Waals surface area contributed by atoms with Crippen molar-refractivity contribution in [1.29, 1.82) is 0 Å². The predicted octanol–water partition coefficient (Wildman–Crippen LogP) is 3.74. The topological polar surface area (TPSA) is 66.4 Å². The Kier molecular flexibility index (Phi) is 7.20. The fourth-order valence-electron chi connectivity index (χ4n) is 3.42. The molecule has 0 unspecified atom stereocenters. The van der Waals surface area contributed by atoms with Gasteiger partial charge in [-0.25, -0.2) is 0 Å². The van der Waals surface area contributed by atoms with E-state index in [1.807, 2.05) is 13.8 Å². The molecule has 4 heteroatoms. The SMILES string of the molecule is CCC(CC)(CC(=O)N[C@H](C)C1CCCCCC1)C(=O)O. The van der Waals surface area contributed by atoms with Crippen molar-refractivity contribution >= 4 is 11.9 Å². The molecule has 0 aromatic heterocycles. The first-order valence-corrected chi connectivity index (χ1v) is 8.48. The van der Waals surface area contributed by atoms with Crippen LogP contribution in [0.5, 0.6) is 0 Å². The van der Waals surface area contributed by atoms with Crippen LogP contribution in [-0.4, -0.2) is 23.0 Å². The molecule has 2 N–H and O–H groups in total. The molecule has 0 bridgehead atoms. The third kappa shape index (κ3) is 5.01. The minimum Gasteiger partial charge on any atom is -0.481 e. The van der Waals surface area contributed by atoms with Gasteiger partial charge in [0.15, 0.2) is 0 Å². The number of rotatable bonds is 7. The lowest BCUT2D eigenvalue weighted by Crippen LogP contribution is -2.42. The van der Waals surface area contributed by atoms with Crippen LogP contribution in [0, 0.1) is 11.3 Å². The summed E-state index contributed by atoms with van der Waals surface area (Å²) in [5.74, 6) is -0.429. The lowest BCUT2D eigenvalue weighted by Gasteiger charge is -2.28. The Labute approximate surface area is 128 Å². The third-order valence-corrected chi connectivity index (χ3v) is 5.30. The Morgan fingerprint density at radius 2 is 1.67 bits per heavy atom. The largest absolute Gasteiger partial charge is 0.481 e. The summed E-state index contributed by atoms with van der Waals surface area (Å²) in [5, 5.41) is 12.5. The molecule has 0 aromatic carbocycles. The molecule has 0 heterocycles. The van der Waals surface area contributed by atoms with E-state index in [9.17, 15) is 14.7 Å². The first-order valence-electron chi connectivity index (χ1n) is 8.48. The summed E-state index contributed by atoms with van der Waals surface area (Å²) in [6, 6.07) is 0.149. The minimum atomic E-state index is -0.909. The average molecular weight is 297 g/mol. The summed E-state index contributed by atoms with van der Waals surface area (Å²) in [5.41, 5.74) is -0.909. The molecule has 0 aromatic rings. The first kappa shape index (κ1) is 18.0. The average Bonchev–Trinajstić information content (AvgIpc) is 2.73. The Morgan fingerprint density at radius 3 is 2.10 bits per heavy atom. The molecule has 1 atom stereocenters. The molecule has 0 spiro atoms. The standard InChI is InChI=1S/C17H31NO3/c1-4-17(5-2,16(20)21)12-15(19)18-13(3)14-10-8-6-7-9-11-14/h13-14H,4-12H2,1-3H3,(H,18,19)(H,20,21)/t13-/m1/s1. The molecule has 0 aliphatic heterocycles. The molecule has 0 radical (unpaired) electrons. The number of carboxylic acids is 1. The first-order chi connectivity index (χ1) is 9.95. The van der Waals surface area contributed by atoms with Crippen LogP contribution in [0.3, 0.4) is 0 Å². The highest BCUT2D eigenvalue weighted by Crippen LogP contribution is 2.31. The van der Waals surface area contributed by atoms with Crippen LogP contribution in [0.2, 0.25) is 0 Å². The molecule has 0 saturated heterocycles. The summed E-state index contributed by atoms with van der Waals surface area (Å²) in [6.07, 6.45) is 8.50. The maximum atomic E-state index is 12.2. The van der Waals surface area contributed by atoms with Crippen molar-refractivity contribution in [1.82, 2.24) is 5.32 Å². The molecule has 1 saturated carbocycles. The monoisotopic (exact) mass is 297 g/mol. The van der Waals surface area contributed by atoms with E-state index in [0.29, 0.717) is 18.8 Å². The van der Waals surface area contributed by atoms with Crippen LogP contribution in [0.25, 0.3) is 0 Å². The van der Waals surface area contributed by atoms with Gasteiger partial charge in [-0.15, -0.1) is 0 Å². The third-order valence-electron chi connectivity index (χ3n) is 5.30. The second-order valence-electron chi connectivity index (χ2n) is 6.58. The van der Waals surface area contributed by atoms with Gasteiger partial charge < -0.3 is 10.4 Å². The quantitative estimate of drug-likeness (QED) is 0.703. The van der Waals surface area contributed by atoms with Crippen molar-refractivity contribution in [3.8, 4) is 0 Å². The number of hydrogen-bond acceptors (Lipinski definition) is 2. The van der Waals surface area contributed by atoms with E-state index in [4.69, 9.17) is 0 Å². The van der Waals surface area contributed by atoms with Gasteiger partial charge >= 0.3 is 5.97 Å². The Balaban J connectivity index is 2.56. The molecule has 21 heavy (non-hydrogen) atoms. The van der Waals surface area contributed by atoms with E-state index < -0.39 is 11.4 Å². The van der Waals surface area contributed by atoms with Gasteiger partial charge in [0.1, 0.15) is 0 Å². The van der Waals surface area contributed by atoms with Crippen LogP contribution in [-0.2, 0) is 9.59 Å². The highest BCUT2D eigenvalue weighted by molar-refractivity contribution is 5.85. The molecule has 122 valence electrons. The van der Waals surface area contributed by atoms with Gasteiger partial charge in [-0.1, -0.05) is 39.5 Å². The molecule has 1 fully saturated rings. The van der Waals surface area contributed by atoms with Crippen LogP contribution in [0.1, 0.15) is 78.6 Å². The van der Waals surface area contributed by atoms with Gasteiger partial charge in [0.05, 0.1) is 5.41 Å². The fraction of sp³-hybridized carbons (Fsp3) is 0.882. The van der Waals surface area contributed by atoms with Crippen LogP contribution >= 0.6 is 0 Å². The van der Waals surface area contributed by atoms with Crippen molar-refractivity contribution in [3.63, 3.8) is 0 Å². The summed E-state index contributed by atoms with van der Waals surface area (Å²) in [6.45, 7) is 5.76. The molecule has 4 nitrogen and oxygen atoms in total. The highest BCUT2D eigenvalue weighted by Gasteiger charge is 2.37. The lowest BCUT2D eigenvalue weighted by atomic mass is 9.79. The number of carbonyl (C=O) groups excluding carboxylic acids is 1. The summed E-state index contributed by atoms with van der Waals surface area (Å²) in [7, 11) is 0. The zero-order chi connectivity index (χ0) is 15.9. The van der Waals surface area contributed by atoms with Crippen LogP contribution in [0.15, 0.2) is 0 Å². The van der Waals surface area contributed by atoms with E-state index in [0.717, 1.165) is 0 Å². The second kappa shape index (κ2) is 8.40. The van der Waals surface area contributed by atoms with Crippen molar-refractivity contribution in [2.24, 2.45) is 11.3 Å². The summed E-state index contributed by atoms with van der Waals surface area (Å²) in [4.78, 5) is 23.7. The molecule has 1 aliphatic rings. The number of aliphatic carboxylic acids is 1. The maximum Gasteiger partial charge on any atom is 0.310 e. The Bertz CT molecular complexity index is 342. The minimum absolute atomic E-state index is 0.0897. The van der Waals surface area contributed by atoms with E-state index in [2.05, 4.69) is 12.2 Å². The molecule has 1 aliphatic carbocycles. The number of nitrogens with one attached hydrogen (secondary N) is 1. The predicted molar refractivity (Wildman–Crippen MR) is 84.1 cm³/mol. The Morgan fingerprint density at radius 1 is 1.14 bits per heavy atom. The van der Waals surface area contributed by atoms with Gasteiger partial charge in [-0.3, -0.25) is 9.59 Å². The van der Waals surface area contributed by atoms with Gasteiger partial charge in [0.2, 0.25) is 5.91 Å². The van der Waals surface area contributed by atoms with Gasteiger partial charge in [-0.05, 0) is 38.5 Å². The van der Waals surface area contributed by atoms with Gasteiger partial charge in [0, 0.05) is 12.5 Å². The van der Waals surface area contributed by atoms with E-state index in [1.54, 1.807) is 0 Å². The Hall–Kier alpha value is -1.06. The summed E-state index contributed by atoms with van der Waals surface area (Å²) < 4.78 is 0. The van der Waals surface area contributed by atoms with Gasteiger partial charge in [-0.2, -0.15) is 0 Å². The number of amides is 1. The van der Waals surface area contributed by atoms with Gasteiger partial charge in [0.25, 0.3) is 0 Å². The maximum absolute atomic E-state index is 12.2. The van der Waals surface area contributed by atoms with Crippen molar-refractivity contribution in [2.75, 3.05) is 0 Å². The van der Waals surface area contributed by atoms with E-state index in [-0.39, 0.29) is 18.4 Å². The molecular formula is C17H31NO3. The van der Waals surface area contributed by atoms with Crippen LogP contribution < -0.4 is 5.32 Å². The number of carboxylic acid groups (broad SMARTS) is 1. The number of carbonyl (C=O) groups is 2. The zero-order valence-corrected chi connectivity index (χ0v) is 13.8. The van der Waals surface area contributed by atoms with E-state index in [1.165, 1.54) is 38.5 Å². The summed E-state index contributed by atoms with van der Waals surface area (Å²) >= 11 is 0. The van der Waals surface area contributed by atoms with Crippen molar-refractivity contribution in [3.05, 3.63) is 0 Å². The smallest absolute Gasteiger partial charge is 0.310 e.